The highest BCUT2D eigenvalue weighted by atomic mass is 16.8. The summed E-state index contributed by atoms with van der Waals surface area (Å²) in [6, 6.07) is 0. The SMILES string of the molecule is C/C=C1/C(OC2OC(C)CC(O)[C@H]2O)OC=C(C)C1C(C)C. The fraction of sp³-hybridized carbons (Fsp3) is 0.765. The molecule has 0 aromatic carbocycles. The van der Waals surface area contributed by atoms with E-state index in [4.69, 9.17) is 14.2 Å². The van der Waals surface area contributed by atoms with Gasteiger partial charge in [-0.15, -0.1) is 0 Å². The molecule has 2 heterocycles. The summed E-state index contributed by atoms with van der Waals surface area (Å²) in [4.78, 5) is 0. The van der Waals surface area contributed by atoms with E-state index in [-0.39, 0.29) is 12.0 Å². The van der Waals surface area contributed by atoms with Gasteiger partial charge < -0.3 is 24.4 Å². The molecule has 2 aliphatic rings. The molecule has 0 saturated carbocycles. The molecule has 0 amide bonds. The van der Waals surface area contributed by atoms with Gasteiger partial charge in [0, 0.05) is 17.9 Å². The molecule has 0 spiro atoms. The van der Waals surface area contributed by atoms with Gasteiger partial charge in [0.15, 0.2) is 6.29 Å². The largest absolute Gasteiger partial charge is 0.468 e. The summed E-state index contributed by atoms with van der Waals surface area (Å²) in [6.45, 7) is 10.2. The Labute approximate surface area is 132 Å². The third kappa shape index (κ3) is 3.54. The molecule has 5 unspecified atom stereocenters. The van der Waals surface area contributed by atoms with Crippen molar-refractivity contribution in [3.05, 3.63) is 23.5 Å². The summed E-state index contributed by atoms with van der Waals surface area (Å²) in [6.07, 6.45) is 0.553. The summed E-state index contributed by atoms with van der Waals surface area (Å²) in [5.74, 6) is 0.658. The second kappa shape index (κ2) is 7.13. The van der Waals surface area contributed by atoms with Crippen molar-refractivity contribution in [2.75, 3.05) is 0 Å². The number of hydrogen-bond acceptors (Lipinski definition) is 5. The monoisotopic (exact) mass is 312 g/mol. The maximum absolute atomic E-state index is 10.1. The Morgan fingerprint density at radius 1 is 1.36 bits per heavy atom. The maximum atomic E-state index is 10.1. The molecule has 2 N–H and O–H groups in total. The fourth-order valence-electron chi connectivity index (χ4n) is 3.33. The van der Waals surface area contributed by atoms with Gasteiger partial charge in [0.1, 0.15) is 6.10 Å². The van der Waals surface area contributed by atoms with Crippen LogP contribution in [0.15, 0.2) is 23.5 Å². The lowest BCUT2D eigenvalue weighted by atomic mass is 9.81. The van der Waals surface area contributed by atoms with Crippen LogP contribution in [0.2, 0.25) is 0 Å². The first-order valence-corrected chi connectivity index (χ1v) is 8.00. The van der Waals surface area contributed by atoms with E-state index in [9.17, 15) is 10.2 Å². The van der Waals surface area contributed by atoms with Crippen molar-refractivity contribution in [1.82, 2.24) is 0 Å². The highest BCUT2D eigenvalue weighted by Gasteiger charge is 2.40. The predicted molar refractivity (Wildman–Crippen MR) is 82.8 cm³/mol. The highest BCUT2D eigenvalue weighted by Crippen LogP contribution is 2.37. The summed E-state index contributed by atoms with van der Waals surface area (Å²) in [5, 5.41) is 20.0. The van der Waals surface area contributed by atoms with Crippen LogP contribution >= 0.6 is 0 Å². The van der Waals surface area contributed by atoms with Crippen molar-refractivity contribution in [3.63, 3.8) is 0 Å². The molecule has 2 aliphatic heterocycles. The zero-order chi connectivity index (χ0) is 16.4. The number of ether oxygens (including phenoxy) is 3. The molecule has 5 nitrogen and oxygen atoms in total. The van der Waals surface area contributed by atoms with E-state index in [1.165, 1.54) is 0 Å². The number of aliphatic hydroxyl groups excluding tert-OH is 2. The minimum absolute atomic E-state index is 0.167. The van der Waals surface area contributed by atoms with Gasteiger partial charge in [0.2, 0.25) is 6.29 Å². The molecule has 1 fully saturated rings. The van der Waals surface area contributed by atoms with Crippen LogP contribution < -0.4 is 0 Å². The topological polar surface area (TPSA) is 68.2 Å². The Hall–Kier alpha value is -0.880. The third-order valence-corrected chi connectivity index (χ3v) is 4.37. The van der Waals surface area contributed by atoms with Crippen molar-refractivity contribution in [2.24, 2.45) is 11.8 Å². The summed E-state index contributed by atoms with van der Waals surface area (Å²) < 4.78 is 17.1. The van der Waals surface area contributed by atoms with Crippen LogP contribution in [0, 0.1) is 11.8 Å². The van der Waals surface area contributed by atoms with Crippen LogP contribution in [-0.4, -0.2) is 41.1 Å². The second-order valence-electron chi connectivity index (χ2n) is 6.59. The maximum Gasteiger partial charge on any atom is 0.224 e. The van der Waals surface area contributed by atoms with Crippen LogP contribution in [-0.2, 0) is 14.2 Å². The summed E-state index contributed by atoms with van der Waals surface area (Å²) in [5.41, 5.74) is 2.18. The predicted octanol–water partition coefficient (Wildman–Crippen LogP) is 2.34. The third-order valence-electron chi connectivity index (χ3n) is 4.37. The first-order valence-electron chi connectivity index (χ1n) is 8.00. The first kappa shape index (κ1) is 17.5. The van der Waals surface area contributed by atoms with Crippen LogP contribution in [0.4, 0.5) is 0 Å². The Morgan fingerprint density at radius 2 is 2.05 bits per heavy atom. The van der Waals surface area contributed by atoms with Gasteiger partial charge in [-0.25, -0.2) is 0 Å². The quantitative estimate of drug-likeness (QED) is 0.783. The highest BCUT2D eigenvalue weighted by molar-refractivity contribution is 5.24. The Bertz CT molecular complexity index is 442. The lowest BCUT2D eigenvalue weighted by molar-refractivity contribution is -0.300. The second-order valence-corrected chi connectivity index (χ2v) is 6.59. The molecule has 0 bridgehead atoms. The zero-order valence-electron chi connectivity index (χ0n) is 14.0. The van der Waals surface area contributed by atoms with E-state index < -0.39 is 24.8 Å². The van der Waals surface area contributed by atoms with Crippen LogP contribution in [0.1, 0.15) is 41.0 Å². The fourth-order valence-corrected chi connectivity index (χ4v) is 3.33. The summed E-state index contributed by atoms with van der Waals surface area (Å²) in [7, 11) is 0. The van der Waals surface area contributed by atoms with Gasteiger partial charge in [-0.1, -0.05) is 19.9 Å². The average molecular weight is 312 g/mol. The minimum Gasteiger partial charge on any atom is -0.468 e. The van der Waals surface area contributed by atoms with Crippen molar-refractivity contribution in [1.29, 1.82) is 0 Å². The first-order chi connectivity index (χ1) is 10.3. The molecule has 126 valence electrons. The molecular formula is C17H28O5. The zero-order valence-corrected chi connectivity index (χ0v) is 14.0. The Kier molecular flexibility index (Phi) is 5.66. The van der Waals surface area contributed by atoms with Gasteiger partial charge in [0.05, 0.1) is 18.5 Å². The van der Waals surface area contributed by atoms with Gasteiger partial charge in [-0.2, -0.15) is 0 Å². The lowest BCUT2D eigenvalue weighted by Crippen LogP contribution is -2.50. The normalized spacial score (nSPS) is 41.5. The summed E-state index contributed by atoms with van der Waals surface area (Å²) >= 11 is 0. The Morgan fingerprint density at radius 3 is 2.64 bits per heavy atom. The molecule has 2 rings (SSSR count). The molecule has 6 atom stereocenters. The molecule has 0 aliphatic carbocycles. The number of hydrogen-bond donors (Lipinski definition) is 2. The van der Waals surface area contributed by atoms with Gasteiger partial charge in [-0.3, -0.25) is 0 Å². The minimum atomic E-state index is -1.07. The van der Waals surface area contributed by atoms with Crippen LogP contribution in [0.5, 0.6) is 0 Å². The average Bonchev–Trinajstić information content (AvgIpc) is 2.45. The molecule has 0 aromatic rings. The number of allylic oxidation sites excluding steroid dienone is 2. The van der Waals surface area contributed by atoms with Crippen LogP contribution in [0.3, 0.4) is 0 Å². The lowest BCUT2D eigenvalue weighted by Gasteiger charge is -2.40. The van der Waals surface area contributed by atoms with Crippen molar-refractivity contribution in [3.8, 4) is 0 Å². The molecule has 5 heteroatoms. The molecule has 1 saturated heterocycles. The van der Waals surface area contributed by atoms with E-state index in [0.29, 0.717) is 12.3 Å². The molecule has 0 aromatic heterocycles. The number of aliphatic hydroxyl groups is 2. The number of rotatable bonds is 3. The van der Waals surface area contributed by atoms with E-state index in [1.807, 2.05) is 26.8 Å². The van der Waals surface area contributed by atoms with Crippen LogP contribution in [0.25, 0.3) is 0 Å². The molecule has 22 heavy (non-hydrogen) atoms. The van der Waals surface area contributed by atoms with E-state index in [1.54, 1.807) is 6.26 Å². The van der Waals surface area contributed by atoms with E-state index in [2.05, 4.69) is 13.8 Å². The molecular weight excluding hydrogens is 284 g/mol. The van der Waals surface area contributed by atoms with Crippen molar-refractivity contribution in [2.45, 2.75) is 71.9 Å². The van der Waals surface area contributed by atoms with E-state index in [0.717, 1.165) is 11.1 Å². The van der Waals surface area contributed by atoms with Gasteiger partial charge in [0.25, 0.3) is 0 Å². The smallest absolute Gasteiger partial charge is 0.224 e. The van der Waals surface area contributed by atoms with Crippen molar-refractivity contribution < 1.29 is 24.4 Å². The van der Waals surface area contributed by atoms with E-state index >= 15 is 0 Å². The van der Waals surface area contributed by atoms with Crippen molar-refractivity contribution >= 4 is 0 Å². The molecule has 0 radical (unpaired) electrons. The van der Waals surface area contributed by atoms with Gasteiger partial charge in [-0.05, 0) is 32.3 Å². The Balaban J connectivity index is 2.15. The van der Waals surface area contributed by atoms with Gasteiger partial charge >= 0.3 is 0 Å². The standard InChI is InChI=1S/C17H28O5/c1-6-12-14(9(2)3)10(4)8-20-16(12)22-17-15(19)13(18)7-11(5)21-17/h6,8-9,11,13-19H,7H2,1-5H3/b12-6+/t11?,13?,14?,15-,16?,17?/m1/s1.